The Labute approximate surface area is 164 Å². The van der Waals surface area contributed by atoms with E-state index in [1.165, 1.54) is 0 Å². The minimum absolute atomic E-state index is 0.0446. The number of alkyl halides is 3. The van der Waals surface area contributed by atoms with Gasteiger partial charge in [-0.15, -0.1) is 0 Å². The summed E-state index contributed by atoms with van der Waals surface area (Å²) in [5.41, 5.74) is -0.304. The van der Waals surface area contributed by atoms with Crippen molar-refractivity contribution in [3.8, 4) is 0 Å². The Kier molecular flexibility index (Phi) is 7.04. The van der Waals surface area contributed by atoms with Crippen LogP contribution in [-0.4, -0.2) is 30.1 Å². The lowest BCUT2D eigenvalue weighted by Gasteiger charge is -2.19. The van der Waals surface area contributed by atoms with Crippen molar-refractivity contribution in [2.75, 3.05) is 7.11 Å². The van der Waals surface area contributed by atoms with Crippen molar-refractivity contribution in [3.05, 3.63) is 70.2 Å². The zero-order valence-electron chi connectivity index (χ0n) is 14.7. The first kappa shape index (κ1) is 21.7. The van der Waals surface area contributed by atoms with E-state index >= 15 is 0 Å². The van der Waals surface area contributed by atoms with Gasteiger partial charge in [0.15, 0.2) is 6.10 Å². The van der Waals surface area contributed by atoms with E-state index in [2.05, 4.69) is 10.1 Å². The molecule has 28 heavy (non-hydrogen) atoms. The average molecular weight is 416 g/mol. The number of halogens is 4. The largest absolute Gasteiger partial charge is 0.467 e. The third kappa shape index (κ3) is 5.71. The topological polar surface area (TPSA) is 75.6 Å². The van der Waals surface area contributed by atoms with Crippen molar-refractivity contribution < 1.29 is 32.6 Å². The number of nitrogens with one attached hydrogen (secondary N) is 1. The molecule has 150 valence electrons. The zero-order chi connectivity index (χ0) is 20.9. The van der Waals surface area contributed by atoms with Crippen LogP contribution in [0.15, 0.2) is 48.5 Å². The van der Waals surface area contributed by atoms with Crippen LogP contribution < -0.4 is 5.32 Å². The van der Waals surface area contributed by atoms with E-state index in [0.717, 1.165) is 31.4 Å². The molecule has 1 amide bonds. The number of aliphatic hydroxyl groups excluding tert-OH is 1. The number of carbonyl (C=O) groups is 2. The van der Waals surface area contributed by atoms with Crippen molar-refractivity contribution >= 4 is 23.5 Å². The molecule has 0 radical (unpaired) electrons. The molecule has 2 N–H and O–H groups in total. The van der Waals surface area contributed by atoms with Crippen LogP contribution in [0.5, 0.6) is 0 Å². The van der Waals surface area contributed by atoms with Gasteiger partial charge in [0.25, 0.3) is 5.91 Å². The summed E-state index contributed by atoms with van der Waals surface area (Å²) in [5, 5.41) is 12.9. The van der Waals surface area contributed by atoms with Crippen LogP contribution in [0.1, 0.15) is 22.8 Å². The van der Waals surface area contributed by atoms with Crippen molar-refractivity contribution in [2.24, 2.45) is 0 Å². The summed E-state index contributed by atoms with van der Waals surface area (Å²) in [6.07, 6.45) is -6.23. The highest BCUT2D eigenvalue weighted by molar-refractivity contribution is 6.30. The normalized spacial score (nSPS) is 13.5. The van der Waals surface area contributed by atoms with Crippen LogP contribution in [-0.2, 0) is 26.9 Å². The SMILES string of the molecule is COC(=O)[C@@H](Cc1cccc(Cl)c1)NC(=O)[C@@H](O)c1ccc(C(F)(F)F)cc1. The Hall–Kier alpha value is -2.58. The lowest BCUT2D eigenvalue weighted by atomic mass is 10.0. The van der Waals surface area contributed by atoms with Crippen LogP contribution in [0, 0.1) is 0 Å². The molecule has 0 aliphatic carbocycles. The van der Waals surface area contributed by atoms with Gasteiger partial charge in [0.05, 0.1) is 12.7 Å². The Morgan fingerprint density at radius 2 is 1.82 bits per heavy atom. The molecule has 2 atom stereocenters. The van der Waals surface area contributed by atoms with E-state index in [4.69, 9.17) is 11.6 Å². The Balaban J connectivity index is 2.12. The fourth-order valence-electron chi connectivity index (χ4n) is 2.49. The molecular formula is C19H17ClF3NO4. The van der Waals surface area contributed by atoms with Gasteiger partial charge in [-0.2, -0.15) is 13.2 Å². The van der Waals surface area contributed by atoms with Crippen molar-refractivity contribution in [1.82, 2.24) is 5.32 Å². The molecule has 0 aliphatic rings. The summed E-state index contributed by atoms with van der Waals surface area (Å²) in [5.74, 6) is -1.69. The number of benzene rings is 2. The van der Waals surface area contributed by atoms with Gasteiger partial charge in [-0.05, 0) is 35.4 Å². The van der Waals surface area contributed by atoms with E-state index in [9.17, 15) is 27.9 Å². The lowest BCUT2D eigenvalue weighted by molar-refractivity contribution is -0.146. The third-order valence-electron chi connectivity index (χ3n) is 3.93. The fourth-order valence-corrected chi connectivity index (χ4v) is 2.70. The quantitative estimate of drug-likeness (QED) is 0.710. The van der Waals surface area contributed by atoms with Crippen molar-refractivity contribution in [2.45, 2.75) is 24.7 Å². The second kappa shape index (κ2) is 9.07. The predicted molar refractivity (Wildman–Crippen MR) is 95.5 cm³/mol. The van der Waals surface area contributed by atoms with Gasteiger partial charge in [0.2, 0.25) is 0 Å². The number of rotatable bonds is 6. The van der Waals surface area contributed by atoms with Gasteiger partial charge in [0, 0.05) is 11.4 Å². The molecule has 2 aromatic carbocycles. The molecule has 0 saturated carbocycles. The number of carbonyl (C=O) groups excluding carboxylic acids is 2. The first-order valence-corrected chi connectivity index (χ1v) is 8.47. The average Bonchev–Trinajstić information content (AvgIpc) is 2.65. The number of aliphatic hydroxyl groups is 1. The van der Waals surface area contributed by atoms with Crippen LogP contribution in [0.2, 0.25) is 5.02 Å². The molecule has 0 fully saturated rings. The summed E-state index contributed by atoms with van der Waals surface area (Å²) < 4.78 is 42.5. The first-order chi connectivity index (χ1) is 13.1. The number of ether oxygens (including phenoxy) is 1. The molecule has 0 saturated heterocycles. The molecule has 0 spiro atoms. The molecule has 2 rings (SSSR count). The monoisotopic (exact) mass is 415 g/mol. The first-order valence-electron chi connectivity index (χ1n) is 8.09. The number of hydrogen-bond acceptors (Lipinski definition) is 4. The smallest absolute Gasteiger partial charge is 0.416 e. The van der Waals surface area contributed by atoms with E-state index < -0.39 is 35.8 Å². The van der Waals surface area contributed by atoms with E-state index in [1.807, 2.05) is 0 Å². The Bertz CT molecular complexity index is 840. The van der Waals surface area contributed by atoms with Crippen LogP contribution >= 0.6 is 11.6 Å². The maximum absolute atomic E-state index is 12.6. The highest BCUT2D eigenvalue weighted by atomic mass is 35.5. The maximum atomic E-state index is 12.6. The van der Waals surface area contributed by atoms with E-state index in [0.29, 0.717) is 10.6 Å². The maximum Gasteiger partial charge on any atom is 0.416 e. The highest BCUT2D eigenvalue weighted by Crippen LogP contribution is 2.30. The van der Waals surface area contributed by atoms with E-state index in [-0.39, 0.29) is 12.0 Å². The summed E-state index contributed by atoms with van der Waals surface area (Å²) in [4.78, 5) is 24.3. The minimum Gasteiger partial charge on any atom is -0.467 e. The Morgan fingerprint density at radius 1 is 1.18 bits per heavy atom. The molecule has 0 aliphatic heterocycles. The summed E-state index contributed by atoms with van der Waals surface area (Å²) in [7, 11) is 1.14. The lowest BCUT2D eigenvalue weighted by Crippen LogP contribution is -2.45. The predicted octanol–water partition coefficient (Wildman–Crippen LogP) is 3.29. The molecule has 0 heterocycles. The summed E-state index contributed by atoms with van der Waals surface area (Å²) in [6, 6.07) is 9.02. The molecule has 9 heteroatoms. The van der Waals surface area contributed by atoms with Crippen LogP contribution in [0.4, 0.5) is 13.2 Å². The fraction of sp³-hybridized carbons (Fsp3) is 0.263. The molecule has 0 bridgehead atoms. The Morgan fingerprint density at radius 3 is 2.36 bits per heavy atom. The van der Waals surface area contributed by atoms with Gasteiger partial charge >= 0.3 is 12.1 Å². The number of hydrogen-bond donors (Lipinski definition) is 2. The highest BCUT2D eigenvalue weighted by Gasteiger charge is 2.31. The second-order valence-electron chi connectivity index (χ2n) is 5.94. The zero-order valence-corrected chi connectivity index (χ0v) is 15.4. The minimum atomic E-state index is -4.53. The van der Waals surface area contributed by atoms with E-state index in [1.54, 1.807) is 24.3 Å². The molecule has 0 unspecified atom stereocenters. The molecule has 5 nitrogen and oxygen atoms in total. The summed E-state index contributed by atoms with van der Waals surface area (Å²) >= 11 is 5.90. The standard InChI is InChI=1S/C19H17ClF3NO4/c1-28-18(27)15(10-11-3-2-4-14(20)9-11)24-17(26)16(25)12-5-7-13(8-6-12)19(21,22)23/h2-9,15-16,25H,10H2,1H3,(H,24,26)/t15-,16+/m1/s1. The van der Waals surface area contributed by atoms with Crippen molar-refractivity contribution in [3.63, 3.8) is 0 Å². The van der Waals surface area contributed by atoms with Gasteiger partial charge < -0.3 is 15.2 Å². The van der Waals surface area contributed by atoms with Gasteiger partial charge in [0.1, 0.15) is 6.04 Å². The molecule has 0 aromatic heterocycles. The van der Waals surface area contributed by atoms with Crippen LogP contribution in [0.25, 0.3) is 0 Å². The summed E-state index contributed by atoms with van der Waals surface area (Å²) in [6.45, 7) is 0. The van der Waals surface area contributed by atoms with Crippen molar-refractivity contribution in [1.29, 1.82) is 0 Å². The van der Waals surface area contributed by atoms with Crippen LogP contribution in [0.3, 0.4) is 0 Å². The van der Waals surface area contributed by atoms with Gasteiger partial charge in [-0.3, -0.25) is 4.79 Å². The number of esters is 1. The molecule has 2 aromatic rings. The van der Waals surface area contributed by atoms with Gasteiger partial charge in [-0.1, -0.05) is 35.9 Å². The van der Waals surface area contributed by atoms with Gasteiger partial charge in [-0.25, -0.2) is 4.79 Å². The number of amides is 1. The molecular weight excluding hydrogens is 399 g/mol. The third-order valence-corrected chi connectivity index (χ3v) is 4.17. The second-order valence-corrected chi connectivity index (χ2v) is 6.38. The number of methoxy groups -OCH3 is 1.